The lowest BCUT2D eigenvalue weighted by molar-refractivity contribution is -0.124. The van der Waals surface area contributed by atoms with Gasteiger partial charge in [0.1, 0.15) is 0 Å². The van der Waals surface area contributed by atoms with Crippen LogP contribution in [0.4, 0.5) is 0 Å². The monoisotopic (exact) mass is 281 g/mol. The van der Waals surface area contributed by atoms with Gasteiger partial charge in [-0.15, -0.1) is 0 Å². The number of carbonyl (C=O) groups is 1. The number of amides is 1. The van der Waals surface area contributed by atoms with Gasteiger partial charge in [-0.25, -0.2) is 0 Å². The maximum Gasteiger partial charge on any atom is 0.237 e. The SMILES string of the molecule is CC(C)NC1(C(N)=O)CCC(N2CCCCCC2C)C1. The summed E-state index contributed by atoms with van der Waals surface area (Å²) in [6.45, 7) is 7.70. The molecule has 1 aliphatic heterocycles. The van der Waals surface area contributed by atoms with Gasteiger partial charge in [0.15, 0.2) is 0 Å². The largest absolute Gasteiger partial charge is 0.368 e. The molecule has 1 saturated carbocycles. The summed E-state index contributed by atoms with van der Waals surface area (Å²) in [7, 11) is 0. The number of hydrogen-bond donors (Lipinski definition) is 2. The van der Waals surface area contributed by atoms with Crippen molar-refractivity contribution in [1.29, 1.82) is 0 Å². The van der Waals surface area contributed by atoms with E-state index in [4.69, 9.17) is 5.73 Å². The van der Waals surface area contributed by atoms with E-state index in [1.165, 1.54) is 32.2 Å². The number of likely N-dealkylation sites (tertiary alicyclic amines) is 1. The molecule has 2 fully saturated rings. The zero-order valence-electron chi connectivity index (χ0n) is 13.3. The highest BCUT2D eigenvalue weighted by Crippen LogP contribution is 2.35. The molecule has 20 heavy (non-hydrogen) atoms. The third-order valence-corrected chi connectivity index (χ3v) is 5.10. The Kier molecular flexibility index (Phi) is 5.08. The molecule has 1 amide bonds. The molecular formula is C16H31N3O. The van der Waals surface area contributed by atoms with Crippen molar-refractivity contribution in [3.63, 3.8) is 0 Å². The number of rotatable bonds is 4. The van der Waals surface area contributed by atoms with E-state index < -0.39 is 5.54 Å². The van der Waals surface area contributed by atoms with E-state index in [1.807, 2.05) is 0 Å². The smallest absolute Gasteiger partial charge is 0.237 e. The molecule has 0 aromatic heterocycles. The van der Waals surface area contributed by atoms with Gasteiger partial charge < -0.3 is 11.1 Å². The van der Waals surface area contributed by atoms with Gasteiger partial charge in [-0.1, -0.05) is 12.8 Å². The fourth-order valence-corrected chi connectivity index (χ4v) is 4.12. The summed E-state index contributed by atoms with van der Waals surface area (Å²) in [5.74, 6) is -0.170. The predicted molar refractivity (Wildman–Crippen MR) is 82.5 cm³/mol. The van der Waals surface area contributed by atoms with Crippen LogP contribution in [0.2, 0.25) is 0 Å². The number of carbonyl (C=O) groups excluding carboxylic acids is 1. The molecule has 3 N–H and O–H groups in total. The summed E-state index contributed by atoms with van der Waals surface area (Å²) >= 11 is 0. The van der Waals surface area contributed by atoms with E-state index in [9.17, 15) is 4.79 Å². The van der Waals surface area contributed by atoms with Gasteiger partial charge in [0.25, 0.3) is 0 Å². The fraction of sp³-hybridized carbons (Fsp3) is 0.938. The van der Waals surface area contributed by atoms with Gasteiger partial charge >= 0.3 is 0 Å². The van der Waals surface area contributed by atoms with Gasteiger partial charge in [0.05, 0.1) is 5.54 Å². The molecule has 3 atom stereocenters. The first-order chi connectivity index (χ1) is 9.44. The molecule has 0 aromatic rings. The van der Waals surface area contributed by atoms with Crippen LogP contribution in [-0.4, -0.2) is 41.0 Å². The Morgan fingerprint density at radius 2 is 2.05 bits per heavy atom. The lowest BCUT2D eigenvalue weighted by Crippen LogP contribution is -2.57. The second-order valence-corrected chi connectivity index (χ2v) is 7.08. The number of hydrogen-bond acceptors (Lipinski definition) is 3. The Morgan fingerprint density at radius 1 is 1.30 bits per heavy atom. The molecule has 1 heterocycles. The van der Waals surface area contributed by atoms with Crippen molar-refractivity contribution in [3.05, 3.63) is 0 Å². The molecule has 2 rings (SSSR count). The lowest BCUT2D eigenvalue weighted by atomic mass is 9.95. The highest BCUT2D eigenvalue weighted by atomic mass is 16.1. The van der Waals surface area contributed by atoms with Gasteiger partial charge in [0, 0.05) is 18.1 Å². The summed E-state index contributed by atoms with van der Waals surface area (Å²) in [6, 6.07) is 1.45. The molecule has 0 radical (unpaired) electrons. The first-order valence-corrected chi connectivity index (χ1v) is 8.28. The molecule has 4 nitrogen and oxygen atoms in total. The number of nitrogens with one attached hydrogen (secondary N) is 1. The molecular weight excluding hydrogens is 250 g/mol. The minimum atomic E-state index is -0.481. The van der Waals surface area contributed by atoms with E-state index >= 15 is 0 Å². The van der Waals surface area contributed by atoms with Crippen LogP contribution in [0.3, 0.4) is 0 Å². The van der Waals surface area contributed by atoms with Crippen molar-refractivity contribution in [3.8, 4) is 0 Å². The molecule has 0 aromatic carbocycles. The van der Waals surface area contributed by atoms with Crippen LogP contribution < -0.4 is 11.1 Å². The van der Waals surface area contributed by atoms with Crippen molar-refractivity contribution in [2.45, 2.75) is 89.4 Å². The van der Waals surface area contributed by atoms with Crippen molar-refractivity contribution >= 4 is 5.91 Å². The van der Waals surface area contributed by atoms with E-state index in [0.29, 0.717) is 18.1 Å². The van der Waals surface area contributed by atoms with E-state index in [2.05, 4.69) is 31.0 Å². The second-order valence-electron chi connectivity index (χ2n) is 7.08. The van der Waals surface area contributed by atoms with Crippen molar-refractivity contribution < 1.29 is 4.79 Å². The van der Waals surface area contributed by atoms with Crippen molar-refractivity contribution in [2.24, 2.45) is 5.73 Å². The predicted octanol–water partition coefficient (Wildman–Crippen LogP) is 2.03. The van der Waals surface area contributed by atoms with E-state index in [-0.39, 0.29) is 5.91 Å². The van der Waals surface area contributed by atoms with Gasteiger partial charge in [-0.2, -0.15) is 0 Å². The topological polar surface area (TPSA) is 58.4 Å². The molecule has 0 spiro atoms. The molecule has 1 aliphatic carbocycles. The van der Waals surface area contributed by atoms with Crippen molar-refractivity contribution in [1.82, 2.24) is 10.2 Å². The Hall–Kier alpha value is -0.610. The van der Waals surface area contributed by atoms with Gasteiger partial charge in [0.2, 0.25) is 5.91 Å². The summed E-state index contributed by atoms with van der Waals surface area (Å²) in [6.07, 6.45) is 8.13. The quantitative estimate of drug-likeness (QED) is 0.829. The third-order valence-electron chi connectivity index (χ3n) is 5.10. The van der Waals surface area contributed by atoms with Crippen LogP contribution >= 0.6 is 0 Å². The molecule has 2 aliphatic rings. The van der Waals surface area contributed by atoms with Crippen LogP contribution in [0.5, 0.6) is 0 Å². The molecule has 0 bridgehead atoms. The fourth-order valence-electron chi connectivity index (χ4n) is 4.12. The summed E-state index contributed by atoms with van der Waals surface area (Å²) < 4.78 is 0. The standard InChI is InChI=1S/C16H31N3O/c1-12(2)18-16(15(17)20)9-8-14(11-16)19-10-6-4-5-7-13(19)3/h12-14,18H,4-11H2,1-3H3,(H2,17,20). The Bertz CT molecular complexity index is 345. The Balaban J connectivity index is 2.07. The summed E-state index contributed by atoms with van der Waals surface area (Å²) in [5, 5.41) is 3.45. The first kappa shape index (κ1) is 15.8. The number of nitrogens with two attached hydrogens (primary N) is 1. The maximum absolute atomic E-state index is 12.0. The van der Waals surface area contributed by atoms with E-state index in [1.54, 1.807) is 0 Å². The minimum Gasteiger partial charge on any atom is -0.368 e. The second kappa shape index (κ2) is 6.44. The average Bonchev–Trinajstić information content (AvgIpc) is 2.66. The molecule has 116 valence electrons. The first-order valence-electron chi connectivity index (χ1n) is 8.28. The maximum atomic E-state index is 12.0. The van der Waals surface area contributed by atoms with Crippen LogP contribution in [-0.2, 0) is 4.79 Å². The Labute approximate surface area is 123 Å². The highest BCUT2D eigenvalue weighted by Gasteiger charge is 2.46. The van der Waals surface area contributed by atoms with Crippen LogP contribution in [0.25, 0.3) is 0 Å². The van der Waals surface area contributed by atoms with Crippen LogP contribution in [0.1, 0.15) is 65.7 Å². The van der Waals surface area contributed by atoms with Gasteiger partial charge in [-0.3, -0.25) is 9.69 Å². The summed E-state index contributed by atoms with van der Waals surface area (Å²) in [5.41, 5.74) is 5.24. The Morgan fingerprint density at radius 3 is 2.70 bits per heavy atom. The molecule has 1 saturated heterocycles. The van der Waals surface area contributed by atoms with Crippen LogP contribution in [0.15, 0.2) is 0 Å². The van der Waals surface area contributed by atoms with Gasteiger partial charge in [-0.05, 0) is 59.4 Å². The third kappa shape index (κ3) is 3.34. The highest BCUT2D eigenvalue weighted by molar-refractivity contribution is 5.85. The zero-order valence-corrected chi connectivity index (χ0v) is 13.3. The minimum absolute atomic E-state index is 0.170. The van der Waals surface area contributed by atoms with Crippen molar-refractivity contribution in [2.75, 3.05) is 6.54 Å². The summed E-state index contributed by atoms with van der Waals surface area (Å²) in [4.78, 5) is 14.6. The lowest BCUT2D eigenvalue weighted by Gasteiger charge is -2.35. The number of primary amides is 1. The zero-order chi connectivity index (χ0) is 14.8. The van der Waals surface area contributed by atoms with Crippen LogP contribution in [0, 0.1) is 0 Å². The van der Waals surface area contributed by atoms with E-state index in [0.717, 1.165) is 19.3 Å². The molecule has 3 unspecified atom stereocenters. The normalized spacial score (nSPS) is 36.2. The number of nitrogens with zero attached hydrogens (tertiary/aromatic N) is 1. The molecule has 4 heteroatoms. The average molecular weight is 281 g/mol.